The van der Waals surface area contributed by atoms with Gasteiger partial charge in [-0.1, -0.05) is 36.4 Å². The average Bonchev–Trinajstić information content (AvgIpc) is 3.44. The summed E-state index contributed by atoms with van der Waals surface area (Å²) in [7, 11) is 3.21. The number of rotatable bonds is 2. The number of hydrogen-bond acceptors (Lipinski definition) is 5. The molecule has 0 aliphatic carbocycles. The molecule has 2 aliphatic rings. The maximum atomic E-state index is 13.4. The number of benzene rings is 2. The molecule has 0 fully saturated rings. The SMILES string of the molecule is Cn1c(=O)c2c(-c3ccccc3)n3c(c2n(C)c1=O)[C@@H](c1ccc2c(c1)OCO2)OCC3. The van der Waals surface area contributed by atoms with E-state index in [1.165, 1.54) is 7.05 Å². The molecule has 4 heterocycles. The van der Waals surface area contributed by atoms with Crippen molar-refractivity contribution in [3.05, 3.63) is 80.6 Å². The molecule has 0 N–H and O–H groups in total. The fraction of sp³-hybridized carbons (Fsp3) is 0.250. The highest BCUT2D eigenvalue weighted by molar-refractivity contribution is 5.96. The van der Waals surface area contributed by atoms with Gasteiger partial charge in [0.05, 0.1) is 28.9 Å². The molecule has 32 heavy (non-hydrogen) atoms. The second kappa shape index (κ2) is 6.86. The average molecular weight is 431 g/mol. The van der Waals surface area contributed by atoms with Crippen LogP contribution in [0.5, 0.6) is 11.5 Å². The predicted molar refractivity (Wildman–Crippen MR) is 118 cm³/mol. The molecule has 8 heteroatoms. The summed E-state index contributed by atoms with van der Waals surface area (Å²) in [6.45, 7) is 1.24. The Morgan fingerprint density at radius 1 is 0.938 bits per heavy atom. The Bertz CT molecular complexity index is 1500. The van der Waals surface area contributed by atoms with Crippen molar-refractivity contribution in [2.24, 2.45) is 14.1 Å². The largest absolute Gasteiger partial charge is 0.454 e. The van der Waals surface area contributed by atoms with Gasteiger partial charge < -0.3 is 18.8 Å². The summed E-state index contributed by atoms with van der Waals surface area (Å²) in [5.41, 5.74) is 3.31. The highest BCUT2D eigenvalue weighted by Gasteiger charge is 2.33. The molecule has 0 unspecified atom stereocenters. The lowest BCUT2D eigenvalue weighted by atomic mass is 10.0. The molecular formula is C24H21N3O5. The number of aromatic nitrogens is 3. The van der Waals surface area contributed by atoms with Gasteiger partial charge in [-0.15, -0.1) is 0 Å². The lowest BCUT2D eigenvalue weighted by Gasteiger charge is -2.27. The summed E-state index contributed by atoms with van der Waals surface area (Å²) in [6, 6.07) is 15.5. The van der Waals surface area contributed by atoms with Crippen LogP contribution in [0.3, 0.4) is 0 Å². The quantitative estimate of drug-likeness (QED) is 0.488. The molecule has 2 aromatic carbocycles. The third-order valence-corrected chi connectivity index (χ3v) is 6.30. The number of ether oxygens (including phenoxy) is 3. The van der Waals surface area contributed by atoms with Gasteiger partial charge in [0.2, 0.25) is 6.79 Å². The minimum atomic E-state index is -0.462. The fourth-order valence-electron chi connectivity index (χ4n) is 4.81. The summed E-state index contributed by atoms with van der Waals surface area (Å²) >= 11 is 0. The Hall–Kier alpha value is -3.78. The van der Waals surface area contributed by atoms with Crippen molar-refractivity contribution in [1.29, 1.82) is 0 Å². The van der Waals surface area contributed by atoms with E-state index in [-0.39, 0.29) is 18.0 Å². The van der Waals surface area contributed by atoms with Gasteiger partial charge in [0.1, 0.15) is 6.10 Å². The minimum Gasteiger partial charge on any atom is -0.454 e. The smallest absolute Gasteiger partial charge is 0.331 e. The summed E-state index contributed by atoms with van der Waals surface area (Å²) in [5, 5.41) is 0.520. The molecule has 4 aromatic rings. The van der Waals surface area contributed by atoms with Crippen molar-refractivity contribution in [2.75, 3.05) is 13.4 Å². The van der Waals surface area contributed by atoms with Crippen LogP contribution >= 0.6 is 0 Å². The van der Waals surface area contributed by atoms with E-state index in [2.05, 4.69) is 4.57 Å². The Kier molecular flexibility index (Phi) is 4.06. The zero-order valence-corrected chi connectivity index (χ0v) is 17.7. The molecule has 0 radical (unpaired) electrons. The van der Waals surface area contributed by atoms with Crippen molar-refractivity contribution in [3.8, 4) is 22.8 Å². The van der Waals surface area contributed by atoms with E-state index in [9.17, 15) is 9.59 Å². The maximum Gasteiger partial charge on any atom is 0.331 e. The third-order valence-electron chi connectivity index (χ3n) is 6.30. The zero-order valence-electron chi connectivity index (χ0n) is 17.7. The second-order valence-electron chi connectivity index (χ2n) is 8.04. The molecule has 6 rings (SSSR count). The Labute approximate surface area is 182 Å². The Balaban J connectivity index is 1.72. The van der Waals surface area contributed by atoms with Gasteiger partial charge in [-0.2, -0.15) is 0 Å². The van der Waals surface area contributed by atoms with Gasteiger partial charge >= 0.3 is 5.69 Å². The molecule has 0 saturated carbocycles. The van der Waals surface area contributed by atoms with Crippen LogP contribution in [0.2, 0.25) is 0 Å². The molecule has 2 aliphatic heterocycles. The van der Waals surface area contributed by atoms with Crippen LogP contribution in [-0.4, -0.2) is 27.1 Å². The van der Waals surface area contributed by atoms with E-state index in [0.29, 0.717) is 35.6 Å². The van der Waals surface area contributed by atoms with Gasteiger partial charge in [-0.05, 0) is 23.3 Å². The van der Waals surface area contributed by atoms with Crippen LogP contribution in [0.25, 0.3) is 22.2 Å². The molecule has 162 valence electrons. The summed E-state index contributed by atoms with van der Waals surface area (Å²) in [5.74, 6) is 1.35. The first kappa shape index (κ1) is 18.9. The van der Waals surface area contributed by atoms with Crippen molar-refractivity contribution in [3.63, 3.8) is 0 Å². The third kappa shape index (κ3) is 2.53. The summed E-state index contributed by atoms with van der Waals surface area (Å²) in [4.78, 5) is 26.2. The normalized spacial score (nSPS) is 17.0. The van der Waals surface area contributed by atoms with E-state index >= 15 is 0 Å². The molecule has 2 aromatic heterocycles. The van der Waals surface area contributed by atoms with E-state index in [1.54, 1.807) is 11.6 Å². The molecule has 0 spiro atoms. The van der Waals surface area contributed by atoms with Gasteiger partial charge in [-0.3, -0.25) is 13.9 Å². The van der Waals surface area contributed by atoms with E-state index in [4.69, 9.17) is 14.2 Å². The number of aryl methyl sites for hydroxylation is 1. The van der Waals surface area contributed by atoms with Crippen LogP contribution in [0.1, 0.15) is 17.4 Å². The van der Waals surface area contributed by atoms with Gasteiger partial charge in [0.15, 0.2) is 11.5 Å². The number of hydrogen-bond donors (Lipinski definition) is 0. The Morgan fingerprint density at radius 2 is 1.72 bits per heavy atom. The van der Waals surface area contributed by atoms with Crippen molar-refractivity contribution < 1.29 is 14.2 Å². The molecule has 1 atom stereocenters. The standard InChI is InChI=1S/C24H21N3O5/c1-25-20-18(23(28)26(2)24(25)29)19(14-6-4-3-5-7-14)27-10-11-30-22(21(20)27)15-8-9-16-17(12-15)32-13-31-16/h3-9,12,22H,10-11,13H2,1-2H3/t22-/m1/s1. The number of fused-ring (bicyclic) bond motifs is 4. The van der Waals surface area contributed by atoms with Gasteiger partial charge in [0, 0.05) is 20.6 Å². The van der Waals surface area contributed by atoms with E-state index < -0.39 is 6.10 Å². The highest BCUT2D eigenvalue weighted by Crippen LogP contribution is 2.42. The summed E-state index contributed by atoms with van der Waals surface area (Å²) in [6.07, 6.45) is -0.462. The predicted octanol–water partition coefficient (Wildman–Crippen LogP) is 2.55. The van der Waals surface area contributed by atoms with Crippen molar-refractivity contribution in [2.45, 2.75) is 12.6 Å². The van der Waals surface area contributed by atoms with Crippen molar-refractivity contribution >= 4 is 10.9 Å². The lowest BCUT2D eigenvalue weighted by Crippen LogP contribution is -2.37. The topological polar surface area (TPSA) is 76.6 Å². The lowest BCUT2D eigenvalue weighted by molar-refractivity contribution is 0.0477. The first-order chi connectivity index (χ1) is 15.6. The van der Waals surface area contributed by atoms with Gasteiger partial charge in [-0.25, -0.2) is 4.79 Å². The fourth-order valence-corrected chi connectivity index (χ4v) is 4.81. The first-order valence-corrected chi connectivity index (χ1v) is 10.4. The highest BCUT2D eigenvalue weighted by atomic mass is 16.7. The second-order valence-corrected chi connectivity index (χ2v) is 8.04. The van der Waals surface area contributed by atoms with E-state index in [0.717, 1.165) is 27.1 Å². The zero-order chi connectivity index (χ0) is 22.0. The van der Waals surface area contributed by atoms with Crippen LogP contribution in [0.15, 0.2) is 58.1 Å². The minimum absolute atomic E-state index is 0.187. The maximum absolute atomic E-state index is 13.4. The van der Waals surface area contributed by atoms with Crippen LogP contribution in [0.4, 0.5) is 0 Å². The monoisotopic (exact) mass is 431 g/mol. The van der Waals surface area contributed by atoms with E-state index in [1.807, 2.05) is 48.5 Å². The molecule has 0 saturated heterocycles. The van der Waals surface area contributed by atoms with Crippen LogP contribution in [0, 0.1) is 0 Å². The molecule has 8 nitrogen and oxygen atoms in total. The molecular weight excluding hydrogens is 410 g/mol. The van der Waals surface area contributed by atoms with Crippen molar-refractivity contribution in [1.82, 2.24) is 13.7 Å². The first-order valence-electron chi connectivity index (χ1n) is 10.4. The molecule has 0 bridgehead atoms. The Morgan fingerprint density at radius 3 is 2.53 bits per heavy atom. The summed E-state index contributed by atoms with van der Waals surface area (Å²) < 4.78 is 22.1. The number of nitrogens with zero attached hydrogens (tertiary/aromatic N) is 3. The van der Waals surface area contributed by atoms with Gasteiger partial charge in [0.25, 0.3) is 5.56 Å². The van der Waals surface area contributed by atoms with Crippen LogP contribution < -0.4 is 20.7 Å². The molecule has 0 amide bonds. The van der Waals surface area contributed by atoms with Crippen LogP contribution in [-0.2, 0) is 25.4 Å².